The fraction of sp³-hybridized carbons (Fsp3) is 0.0909. The van der Waals surface area contributed by atoms with Crippen LogP contribution in [-0.2, 0) is 5.75 Å². The summed E-state index contributed by atoms with van der Waals surface area (Å²) in [5, 5.41) is 10.6. The average Bonchev–Trinajstić information content (AvgIpc) is 2.81. The summed E-state index contributed by atoms with van der Waals surface area (Å²) in [7, 11) is 0. The monoisotopic (exact) mass is 250 g/mol. The molecule has 1 heterocycles. The summed E-state index contributed by atoms with van der Waals surface area (Å²) in [4.78, 5) is 4.13. The molecule has 0 bridgehead atoms. The van der Waals surface area contributed by atoms with Crippen molar-refractivity contribution in [2.75, 3.05) is 0 Å². The van der Waals surface area contributed by atoms with Crippen LogP contribution in [0.4, 0.5) is 4.39 Å². The first-order chi connectivity index (χ1) is 7.79. The van der Waals surface area contributed by atoms with Crippen LogP contribution in [0.3, 0.4) is 0 Å². The number of benzene rings is 1. The number of hydrogen-bond acceptors (Lipinski definition) is 4. The van der Waals surface area contributed by atoms with Crippen molar-refractivity contribution in [3.05, 3.63) is 46.7 Å². The largest absolute Gasteiger partial charge is 0.238 e. The molecule has 5 heteroatoms. The molecule has 2 aromatic rings. The Bertz CT molecular complexity index is 517. The van der Waals surface area contributed by atoms with Crippen LogP contribution >= 0.6 is 23.1 Å². The Balaban J connectivity index is 2.08. The SMILES string of the molecule is N#Cc1cc(CSc2nccs2)ccc1F. The topological polar surface area (TPSA) is 36.7 Å². The Morgan fingerprint density at radius 3 is 3.06 bits per heavy atom. The van der Waals surface area contributed by atoms with Crippen molar-refractivity contribution in [2.24, 2.45) is 0 Å². The fourth-order valence-corrected chi connectivity index (χ4v) is 2.76. The second kappa shape index (κ2) is 5.10. The third-order valence-corrected chi connectivity index (χ3v) is 3.96. The number of hydrogen-bond donors (Lipinski definition) is 0. The van der Waals surface area contributed by atoms with E-state index in [4.69, 9.17) is 5.26 Å². The van der Waals surface area contributed by atoms with Crippen molar-refractivity contribution in [1.29, 1.82) is 5.26 Å². The van der Waals surface area contributed by atoms with Crippen molar-refractivity contribution in [2.45, 2.75) is 10.1 Å². The van der Waals surface area contributed by atoms with Crippen molar-refractivity contribution < 1.29 is 4.39 Å². The minimum atomic E-state index is -0.467. The molecule has 80 valence electrons. The van der Waals surface area contributed by atoms with Gasteiger partial charge in [0.05, 0.1) is 5.56 Å². The Labute approximate surface area is 101 Å². The van der Waals surface area contributed by atoms with E-state index in [1.54, 1.807) is 41.4 Å². The zero-order chi connectivity index (χ0) is 11.4. The summed E-state index contributed by atoms with van der Waals surface area (Å²) in [5.74, 6) is 0.230. The van der Waals surface area contributed by atoms with E-state index >= 15 is 0 Å². The van der Waals surface area contributed by atoms with E-state index in [1.165, 1.54) is 6.07 Å². The quantitative estimate of drug-likeness (QED) is 0.783. The number of thioether (sulfide) groups is 1. The van der Waals surface area contributed by atoms with Crippen LogP contribution in [0.5, 0.6) is 0 Å². The standard InChI is InChI=1S/C11H7FN2S2/c12-10-2-1-8(5-9(10)6-13)7-16-11-14-3-4-15-11/h1-5H,7H2. The van der Waals surface area contributed by atoms with Gasteiger partial charge in [0.2, 0.25) is 0 Å². The lowest BCUT2D eigenvalue weighted by Crippen LogP contribution is -1.87. The Hall–Kier alpha value is -1.38. The second-order valence-corrected chi connectivity index (χ2v) is 5.13. The zero-order valence-corrected chi connectivity index (χ0v) is 9.82. The van der Waals surface area contributed by atoms with Crippen molar-refractivity contribution >= 4 is 23.1 Å². The van der Waals surface area contributed by atoms with Crippen LogP contribution < -0.4 is 0 Å². The van der Waals surface area contributed by atoms with Gasteiger partial charge in [-0.1, -0.05) is 17.8 Å². The summed E-state index contributed by atoms with van der Waals surface area (Å²) in [5.41, 5.74) is 1.02. The number of aromatic nitrogens is 1. The lowest BCUT2D eigenvalue weighted by Gasteiger charge is -2.00. The highest BCUT2D eigenvalue weighted by molar-refractivity contribution is 8.00. The minimum Gasteiger partial charge on any atom is -0.238 e. The Morgan fingerprint density at radius 2 is 2.38 bits per heavy atom. The van der Waals surface area contributed by atoms with Gasteiger partial charge < -0.3 is 0 Å². The number of rotatable bonds is 3. The molecule has 0 unspecified atom stereocenters. The molecule has 1 aromatic heterocycles. The van der Waals surface area contributed by atoms with E-state index in [-0.39, 0.29) is 5.56 Å². The maximum Gasteiger partial charge on any atom is 0.150 e. The van der Waals surface area contributed by atoms with Gasteiger partial charge in [-0.05, 0) is 17.7 Å². The molecular formula is C11H7FN2S2. The highest BCUT2D eigenvalue weighted by Crippen LogP contribution is 2.25. The predicted octanol–water partition coefficient (Wildman–Crippen LogP) is 3.45. The summed E-state index contributed by atoms with van der Waals surface area (Å²) in [6.45, 7) is 0. The maximum absolute atomic E-state index is 13.0. The Morgan fingerprint density at radius 1 is 1.50 bits per heavy atom. The van der Waals surface area contributed by atoms with Crippen LogP contribution in [0.25, 0.3) is 0 Å². The van der Waals surface area contributed by atoms with Gasteiger partial charge in [0, 0.05) is 17.3 Å². The van der Waals surface area contributed by atoms with Gasteiger partial charge in [-0.3, -0.25) is 0 Å². The van der Waals surface area contributed by atoms with Gasteiger partial charge in [0.15, 0.2) is 0 Å². The van der Waals surface area contributed by atoms with Crippen LogP contribution in [0, 0.1) is 17.1 Å². The normalized spacial score (nSPS) is 10.0. The van der Waals surface area contributed by atoms with Gasteiger partial charge in [0.25, 0.3) is 0 Å². The third-order valence-electron chi connectivity index (χ3n) is 1.92. The van der Waals surface area contributed by atoms with Gasteiger partial charge in [0.1, 0.15) is 16.2 Å². The van der Waals surface area contributed by atoms with E-state index < -0.39 is 5.82 Å². The third kappa shape index (κ3) is 2.60. The van der Waals surface area contributed by atoms with Gasteiger partial charge in [-0.25, -0.2) is 9.37 Å². The van der Waals surface area contributed by atoms with E-state index in [9.17, 15) is 4.39 Å². The Kier molecular flexibility index (Phi) is 3.54. The molecule has 2 nitrogen and oxygen atoms in total. The number of thiazole rings is 1. The van der Waals surface area contributed by atoms with E-state index in [1.807, 2.05) is 11.4 Å². The minimum absolute atomic E-state index is 0.0947. The maximum atomic E-state index is 13.0. The molecule has 0 radical (unpaired) electrons. The van der Waals surface area contributed by atoms with Crippen molar-refractivity contribution in [3.63, 3.8) is 0 Å². The molecule has 0 spiro atoms. The molecule has 2 rings (SSSR count). The number of halogens is 1. The van der Waals surface area contributed by atoms with Crippen LogP contribution in [0.1, 0.15) is 11.1 Å². The lowest BCUT2D eigenvalue weighted by molar-refractivity contribution is 0.623. The number of nitrogens with zero attached hydrogens (tertiary/aromatic N) is 2. The van der Waals surface area contributed by atoms with E-state index in [2.05, 4.69) is 4.98 Å². The fourth-order valence-electron chi connectivity index (χ4n) is 1.17. The average molecular weight is 250 g/mol. The lowest BCUT2D eigenvalue weighted by atomic mass is 10.1. The summed E-state index contributed by atoms with van der Waals surface area (Å²) in [6.07, 6.45) is 1.75. The summed E-state index contributed by atoms with van der Waals surface area (Å²) >= 11 is 3.15. The first-order valence-corrected chi connectivity index (χ1v) is 6.37. The van der Waals surface area contributed by atoms with Crippen molar-refractivity contribution in [3.8, 4) is 6.07 Å². The zero-order valence-electron chi connectivity index (χ0n) is 8.18. The summed E-state index contributed by atoms with van der Waals surface area (Å²) < 4.78 is 14.0. The van der Waals surface area contributed by atoms with Crippen molar-refractivity contribution in [1.82, 2.24) is 4.98 Å². The molecule has 16 heavy (non-hydrogen) atoms. The molecule has 0 atom stereocenters. The van der Waals surface area contributed by atoms with Gasteiger partial charge in [-0.15, -0.1) is 11.3 Å². The number of nitriles is 1. The molecule has 0 N–H and O–H groups in total. The van der Waals surface area contributed by atoms with E-state index in [0.29, 0.717) is 5.75 Å². The molecule has 1 aromatic carbocycles. The smallest absolute Gasteiger partial charge is 0.150 e. The molecule has 0 saturated carbocycles. The van der Waals surface area contributed by atoms with Gasteiger partial charge in [-0.2, -0.15) is 5.26 Å². The molecule has 0 aliphatic rings. The highest BCUT2D eigenvalue weighted by atomic mass is 32.2. The molecular weight excluding hydrogens is 243 g/mol. The van der Waals surface area contributed by atoms with Gasteiger partial charge >= 0.3 is 0 Å². The van der Waals surface area contributed by atoms with E-state index in [0.717, 1.165) is 9.90 Å². The summed E-state index contributed by atoms with van der Waals surface area (Å²) in [6, 6.07) is 6.43. The first-order valence-electron chi connectivity index (χ1n) is 4.50. The predicted molar refractivity (Wildman–Crippen MR) is 62.8 cm³/mol. The molecule has 0 aliphatic heterocycles. The second-order valence-electron chi connectivity index (χ2n) is 3.01. The molecule has 0 saturated heterocycles. The van der Waals surface area contributed by atoms with Crippen LogP contribution in [0.2, 0.25) is 0 Å². The highest BCUT2D eigenvalue weighted by Gasteiger charge is 2.04. The van der Waals surface area contributed by atoms with Crippen LogP contribution in [0.15, 0.2) is 34.1 Å². The molecule has 0 amide bonds. The molecule has 0 fully saturated rings. The van der Waals surface area contributed by atoms with Crippen LogP contribution in [-0.4, -0.2) is 4.98 Å². The molecule has 0 aliphatic carbocycles. The first kappa shape index (κ1) is 11.1.